The summed E-state index contributed by atoms with van der Waals surface area (Å²) in [6.07, 6.45) is 2.81. The van der Waals surface area contributed by atoms with Crippen molar-refractivity contribution in [3.05, 3.63) is 41.9 Å². The molecule has 1 N–H and O–H groups in total. The normalized spacial score (nSPS) is 11.1. The lowest BCUT2D eigenvalue weighted by Crippen LogP contribution is -2.21. The number of hydrogen-bond donors (Lipinski definition) is 1. The second-order valence-corrected chi connectivity index (χ2v) is 4.66. The highest BCUT2D eigenvalue weighted by Gasteiger charge is 2.09. The number of oxazole rings is 1. The zero-order valence-corrected chi connectivity index (χ0v) is 11.2. The Labute approximate surface area is 108 Å². The van der Waals surface area contributed by atoms with Crippen LogP contribution in [0.1, 0.15) is 32.2 Å². The van der Waals surface area contributed by atoms with Crippen molar-refractivity contribution in [3.63, 3.8) is 0 Å². The molecule has 3 heteroatoms. The van der Waals surface area contributed by atoms with Gasteiger partial charge >= 0.3 is 0 Å². The minimum Gasteiger partial charge on any atom is -0.439 e. The van der Waals surface area contributed by atoms with Gasteiger partial charge in [0.25, 0.3) is 0 Å². The topological polar surface area (TPSA) is 38.1 Å². The Hall–Kier alpha value is -1.61. The van der Waals surface area contributed by atoms with Gasteiger partial charge in [-0.05, 0) is 12.0 Å². The summed E-state index contributed by atoms with van der Waals surface area (Å²) < 4.78 is 5.79. The van der Waals surface area contributed by atoms with Gasteiger partial charge in [0.2, 0.25) is 5.89 Å². The van der Waals surface area contributed by atoms with Crippen LogP contribution in [0.5, 0.6) is 0 Å². The molecular formula is C15H20N2O. The van der Waals surface area contributed by atoms with E-state index in [-0.39, 0.29) is 0 Å². The van der Waals surface area contributed by atoms with Gasteiger partial charge in [0.05, 0.1) is 12.7 Å². The highest BCUT2D eigenvalue weighted by molar-refractivity contribution is 5.61. The Bertz CT molecular complexity index is 503. The van der Waals surface area contributed by atoms with Crippen LogP contribution in [0.3, 0.4) is 0 Å². The molecule has 1 aromatic heterocycles. The Morgan fingerprint density at radius 1 is 1.28 bits per heavy atom. The number of nitrogens with one attached hydrogen (secondary N) is 1. The Morgan fingerprint density at radius 2 is 2.06 bits per heavy atom. The zero-order chi connectivity index (χ0) is 13.0. The molecule has 18 heavy (non-hydrogen) atoms. The van der Waals surface area contributed by atoms with Crippen molar-refractivity contribution < 1.29 is 4.42 Å². The van der Waals surface area contributed by atoms with Gasteiger partial charge in [0, 0.05) is 11.6 Å². The van der Waals surface area contributed by atoms with E-state index in [0.717, 1.165) is 23.6 Å². The molecule has 0 amide bonds. The first-order valence-electron chi connectivity index (χ1n) is 6.47. The lowest BCUT2D eigenvalue weighted by molar-refractivity contribution is 0.458. The van der Waals surface area contributed by atoms with E-state index in [1.54, 1.807) is 0 Å². The molecule has 0 radical (unpaired) electrons. The predicted molar refractivity (Wildman–Crippen MR) is 73.3 cm³/mol. The number of aromatic nitrogens is 1. The molecule has 2 rings (SSSR count). The molecule has 0 atom stereocenters. The quantitative estimate of drug-likeness (QED) is 0.876. The van der Waals surface area contributed by atoms with E-state index >= 15 is 0 Å². The molecule has 0 aliphatic heterocycles. The number of hydrogen-bond acceptors (Lipinski definition) is 3. The second-order valence-electron chi connectivity index (χ2n) is 4.66. The third-order valence-electron chi connectivity index (χ3n) is 2.88. The number of benzene rings is 1. The lowest BCUT2D eigenvalue weighted by atomic mass is 10.0. The van der Waals surface area contributed by atoms with E-state index in [1.165, 1.54) is 5.56 Å². The maximum atomic E-state index is 5.79. The molecule has 0 saturated carbocycles. The largest absolute Gasteiger partial charge is 0.439 e. The van der Waals surface area contributed by atoms with E-state index in [4.69, 9.17) is 4.42 Å². The highest BCUT2D eigenvalue weighted by atomic mass is 16.4. The van der Waals surface area contributed by atoms with Crippen LogP contribution in [0.15, 0.2) is 34.9 Å². The lowest BCUT2D eigenvalue weighted by Gasteiger charge is -2.05. The van der Waals surface area contributed by atoms with Crippen LogP contribution < -0.4 is 5.32 Å². The van der Waals surface area contributed by atoms with Gasteiger partial charge in [-0.15, -0.1) is 0 Å². The number of nitrogens with zero attached hydrogens (tertiary/aromatic N) is 1. The van der Waals surface area contributed by atoms with E-state index < -0.39 is 0 Å². The van der Waals surface area contributed by atoms with Gasteiger partial charge in [0.1, 0.15) is 0 Å². The molecule has 0 fully saturated rings. The summed E-state index contributed by atoms with van der Waals surface area (Å²) in [5, 5.41) is 3.30. The fraction of sp³-hybridized carbons (Fsp3) is 0.400. The molecule has 1 aromatic carbocycles. The molecule has 0 saturated heterocycles. The summed E-state index contributed by atoms with van der Waals surface area (Å²) in [5.41, 5.74) is 2.43. The molecule has 0 aliphatic rings. The van der Waals surface area contributed by atoms with E-state index in [1.807, 2.05) is 12.3 Å². The summed E-state index contributed by atoms with van der Waals surface area (Å²) in [4.78, 5) is 4.31. The van der Waals surface area contributed by atoms with E-state index in [2.05, 4.69) is 49.3 Å². The SMILES string of the molecule is CCc1ccccc1-c1cnc(CNC(C)C)o1. The number of rotatable bonds is 5. The van der Waals surface area contributed by atoms with Gasteiger partial charge in [0.15, 0.2) is 5.76 Å². The Kier molecular flexibility index (Phi) is 4.15. The molecule has 0 aliphatic carbocycles. The standard InChI is InChI=1S/C15H20N2O/c1-4-12-7-5-6-8-13(12)14-9-17-15(18-14)10-16-11(2)3/h5-9,11,16H,4,10H2,1-3H3. The van der Waals surface area contributed by atoms with Gasteiger partial charge in [-0.1, -0.05) is 45.0 Å². The van der Waals surface area contributed by atoms with Crippen LogP contribution >= 0.6 is 0 Å². The second kappa shape index (κ2) is 5.83. The molecular weight excluding hydrogens is 224 g/mol. The molecule has 96 valence electrons. The average molecular weight is 244 g/mol. The maximum Gasteiger partial charge on any atom is 0.208 e. The molecule has 3 nitrogen and oxygen atoms in total. The van der Waals surface area contributed by atoms with Crippen LogP contribution in [0.4, 0.5) is 0 Å². The van der Waals surface area contributed by atoms with Crippen molar-refractivity contribution in [1.29, 1.82) is 0 Å². The maximum absolute atomic E-state index is 5.79. The molecule has 0 unspecified atom stereocenters. The minimum atomic E-state index is 0.434. The van der Waals surface area contributed by atoms with Crippen LogP contribution in [0, 0.1) is 0 Å². The van der Waals surface area contributed by atoms with Gasteiger partial charge in [-0.25, -0.2) is 4.98 Å². The zero-order valence-electron chi connectivity index (χ0n) is 11.2. The summed E-state index contributed by atoms with van der Waals surface area (Å²) in [5.74, 6) is 1.60. The first kappa shape index (κ1) is 12.8. The molecule has 1 heterocycles. The Morgan fingerprint density at radius 3 is 2.78 bits per heavy atom. The third kappa shape index (κ3) is 2.99. The van der Waals surface area contributed by atoms with Crippen molar-refractivity contribution >= 4 is 0 Å². The first-order valence-corrected chi connectivity index (χ1v) is 6.47. The van der Waals surface area contributed by atoms with Crippen LogP contribution in [0.2, 0.25) is 0 Å². The van der Waals surface area contributed by atoms with E-state index in [0.29, 0.717) is 12.6 Å². The highest BCUT2D eigenvalue weighted by Crippen LogP contribution is 2.24. The predicted octanol–water partition coefficient (Wildman–Crippen LogP) is 3.40. The minimum absolute atomic E-state index is 0.434. The van der Waals surface area contributed by atoms with Crippen molar-refractivity contribution in [2.45, 2.75) is 39.8 Å². The van der Waals surface area contributed by atoms with Gasteiger partial charge < -0.3 is 9.73 Å². The summed E-state index contributed by atoms with van der Waals surface area (Å²) in [7, 11) is 0. The van der Waals surface area contributed by atoms with Gasteiger partial charge in [-0.2, -0.15) is 0 Å². The van der Waals surface area contributed by atoms with Crippen LogP contribution in [-0.4, -0.2) is 11.0 Å². The smallest absolute Gasteiger partial charge is 0.208 e. The van der Waals surface area contributed by atoms with E-state index in [9.17, 15) is 0 Å². The monoisotopic (exact) mass is 244 g/mol. The molecule has 2 aromatic rings. The fourth-order valence-electron chi connectivity index (χ4n) is 1.88. The average Bonchev–Trinajstić information content (AvgIpc) is 2.85. The van der Waals surface area contributed by atoms with Crippen molar-refractivity contribution in [2.24, 2.45) is 0 Å². The summed E-state index contributed by atoms with van der Waals surface area (Å²) in [6, 6.07) is 8.73. The molecule has 0 spiro atoms. The van der Waals surface area contributed by atoms with Crippen LogP contribution in [0.25, 0.3) is 11.3 Å². The van der Waals surface area contributed by atoms with Crippen molar-refractivity contribution in [2.75, 3.05) is 0 Å². The van der Waals surface area contributed by atoms with Crippen molar-refractivity contribution in [3.8, 4) is 11.3 Å². The van der Waals surface area contributed by atoms with Crippen molar-refractivity contribution in [1.82, 2.24) is 10.3 Å². The molecule has 0 bridgehead atoms. The van der Waals surface area contributed by atoms with Gasteiger partial charge in [-0.3, -0.25) is 0 Å². The van der Waals surface area contributed by atoms with Crippen LogP contribution in [-0.2, 0) is 13.0 Å². The fourth-order valence-corrected chi connectivity index (χ4v) is 1.88. The Balaban J connectivity index is 2.18. The number of aryl methyl sites for hydroxylation is 1. The summed E-state index contributed by atoms with van der Waals surface area (Å²) in [6.45, 7) is 7.04. The summed E-state index contributed by atoms with van der Waals surface area (Å²) >= 11 is 0. The third-order valence-corrected chi connectivity index (χ3v) is 2.88. The first-order chi connectivity index (χ1) is 8.70.